The molecule has 0 aliphatic heterocycles. The Morgan fingerprint density at radius 1 is 1.16 bits per heavy atom. The molecule has 4 rings (SSSR count). The number of thiophene rings is 1. The van der Waals surface area contributed by atoms with E-state index in [0.717, 1.165) is 10.0 Å². The van der Waals surface area contributed by atoms with Crippen LogP contribution in [0.2, 0.25) is 0 Å². The minimum atomic E-state index is -0.206. The number of aromatic nitrogens is 1. The molecular formula is C23H17BrN4O2S. The van der Waals surface area contributed by atoms with E-state index in [9.17, 15) is 10.1 Å². The van der Waals surface area contributed by atoms with Crippen LogP contribution in [-0.2, 0) is 0 Å². The van der Waals surface area contributed by atoms with Crippen molar-refractivity contribution in [3.63, 3.8) is 0 Å². The topological polar surface area (TPSA) is 115 Å². The Morgan fingerprint density at radius 3 is 2.45 bits per heavy atom. The van der Waals surface area contributed by atoms with Crippen LogP contribution in [0.3, 0.4) is 0 Å². The summed E-state index contributed by atoms with van der Waals surface area (Å²) in [4.78, 5) is 18.4. The van der Waals surface area contributed by atoms with E-state index in [1.807, 2.05) is 31.2 Å². The number of hydrogen-bond acceptors (Lipinski definition) is 7. The lowest BCUT2D eigenvalue weighted by molar-refractivity contribution is 0.104. The highest BCUT2D eigenvalue weighted by atomic mass is 79.9. The Kier molecular flexibility index (Phi) is 5.63. The molecule has 8 heteroatoms. The largest absolute Gasteiger partial charge is 0.494 e. The van der Waals surface area contributed by atoms with Crippen LogP contribution < -0.4 is 16.2 Å². The van der Waals surface area contributed by atoms with Gasteiger partial charge in [-0.25, -0.2) is 4.98 Å². The minimum absolute atomic E-state index is 0.0998. The van der Waals surface area contributed by atoms with Gasteiger partial charge in [-0.2, -0.15) is 5.26 Å². The summed E-state index contributed by atoms with van der Waals surface area (Å²) < 4.78 is 6.38. The number of carbonyl (C=O) groups excluding carboxylic acids is 1. The molecule has 0 fully saturated rings. The van der Waals surface area contributed by atoms with Gasteiger partial charge in [-0.15, -0.1) is 11.3 Å². The fourth-order valence-corrected chi connectivity index (χ4v) is 4.70. The number of anilines is 2. The summed E-state index contributed by atoms with van der Waals surface area (Å²) in [6.07, 6.45) is 0. The van der Waals surface area contributed by atoms with Gasteiger partial charge in [0, 0.05) is 21.0 Å². The van der Waals surface area contributed by atoms with Gasteiger partial charge in [0.05, 0.1) is 12.3 Å². The van der Waals surface area contributed by atoms with E-state index in [4.69, 9.17) is 16.2 Å². The van der Waals surface area contributed by atoms with Gasteiger partial charge in [0.25, 0.3) is 0 Å². The maximum atomic E-state index is 13.1. The molecule has 2 aromatic heterocycles. The number of carbonyl (C=O) groups is 1. The predicted molar refractivity (Wildman–Crippen MR) is 127 cm³/mol. The highest BCUT2D eigenvalue weighted by Crippen LogP contribution is 2.43. The number of halogens is 1. The van der Waals surface area contributed by atoms with Crippen LogP contribution in [0.15, 0.2) is 53.0 Å². The van der Waals surface area contributed by atoms with Crippen LogP contribution in [0.4, 0.5) is 11.5 Å². The van der Waals surface area contributed by atoms with Crippen molar-refractivity contribution in [3.8, 4) is 22.9 Å². The van der Waals surface area contributed by atoms with Crippen molar-refractivity contribution < 1.29 is 9.53 Å². The van der Waals surface area contributed by atoms with Gasteiger partial charge in [-0.1, -0.05) is 28.1 Å². The third-order valence-corrected chi connectivity index (χ3v) is 6.41. The normalized spacial score (nSPS) is 10.7. The molecule has 2 aromatic carbocycles. The van der Waals surface area contributed by atoms with Gasteiger partial charge < -0.3 is 16.2 Å². The number of ether oxygens (including phenoxy) is 1. The smallest absolute Gasteiger partial charge is 0.205 e. The second-order valence-corrected chi connectivity index (χ2v) is 8.59. The van der Waals surface area contributed by atoms with Gasteiger partial charge >= 0.3 is 0 Å². The fourth-order valence-electron chi connectivity index (χ4n) is 3.36. The highest BCUT2D eigenvalue weighted by Gasteiger charge is 2.24. The molecule has 0 aliphatic carbocycles. The van der Waals surface area contributed by atoms with E-state index >= 15 is 0 Å². The van der Waals surface area contributed by atoms with Crippen molar-refractivity contribution in [1.29, 1.82) is 5.26 Å². The number of rotatable bonds is 5. The average Bonchev–Trinajstić information content (AvgIpc) is 3.09. The zero-order chi connectivity index (χ0) is 22.1. The molecule has 154 valence electrons. The standard InChI is InChI=1S/C23H17BrN4O2S/c1-2-30-15-9-5-12(6-10-15)17-16(11-25)22(27)28-23-18(17)19(26)21(31-23)20(29)13-3-7-14(24)8-4-13/h3-10H,2,26H2,1H3,(H2,27,28). The molecule has 0 atom stereocenters. The Bertz CT molecular complexity index is 1340. The van der Waals surface area contributed by atoms with E-state index in [1.165, 1.54) is 11.3 Å². The van der Waals surface area contributed by atoms with Crippen LogP contribution in [-0.4, -0.2) is 17.4 Å². The van der Waals surface area contributed by atoms with Crippen molar-refractivity contribution in [1.82, 2.24) is 4.98 Å². The van der Waals surface area contributed by atoms with Crippen LogP contribution in [0.1, 0.15) is 27.7 Å². The Morgan fingerprint density at radius 2 is 1.84 bits per heavy atom. The van der Waals surface area contributed by atoms with Crippen molar-refractivity contribution in [2.24, 2.45) is 0 Å². The van der Waals surface area contributed by atoms with Crippen molar-refractivity contribution in [2.45, 2.75) is 6.92 Å². The summed E-state index contributed by atoms with van der Waals surface area (Å²) in [6, 6.07) is 16.5. The number of nitrogens with zero attached hydrogens (tertiary/aromatic N) is 2. The Hall–Kier alpha value is -3.41. The molecular weight excluding hydrogens is 476 g/mol. The SMILES string of the molecule is CCOc1ccc(-c2c(C#N)c(N)nc3sc(C(=O)c4ccc(Br)cc4)c(N)c23)cc1. The molecule has 0 saturated heterocycles. The van der Waals surface area contributed by atoms with Crippen LogP contribution in [0.25, 0.3) is 21.3 Å². The summed E-state index contributed by atoms with van der Waals surface area (Å²) in [5, 5.41) is 10.3. The first-order chi connectivity index (χ1) is 14.9. The van der Waals surface area contributed by atoms with Gasteiger partial charge in [0.15, 0.2) is 0 Å². The molecule has 0 unspecified atom stereocenters. The molecule has 4 aromatic rings. The number of ketones is 1. The monoisotopic (exact) mass is 492 g/mol. The van der Waals surface area contributed by atoms with Crippen molar-refractivity contribution >= 4 is 54.8 Å². The number of benzene rings is 2. The zero-order valence-electron chi connectivity index (χ0n) is 16.5. The van der Waals surface area contributed by atoms with Crippen molar-refractivity contribution in [3.05, 3.63) is 69.0 Å². The second-order valence-electron chi connectivity index (χ2n) is 6.68. The van der Waals surface area contributed by atoms with Gasteiger partial charge in [0.1, 0.15) is 32.9 Å². The molecule has 4 N–H and O–H groups in total. The molecule has 0 amide bonds. The Balaban J connectivity index is 1.94. The second kappa shape index (κ2) is 8.38. The first-order valence-corrected chi connectivity index (χ1v) is 11.0. The lowest BCUT2D eigenvalue weighted by Gasteiger charge is -2.10. The van der Waals surface area contributed by atoms with E-state index in [1.54, 1.807) is 24.3 Å². The third-order valence-electron chi connectivity index (χ3n) is 4.78. The highest BCUT2D eigenvalue weighted by molar-refractivity contribution is 9.10. The number of nitriles is 1. The van der Waals surface area contributed by atoms with Gasteiger partial charge in [-0.05, 0) is 48.9 Å². The maximum absolute atomic E-state index is 13.1. The minimum Gasteiger partial charge on any atom is -0.494 e. The summed E-state index contributed by atoms with van der Waals surface area (Å²) >= 11 is 4.54. The summed E-state index contributed by atoms with van der Waals surface area (Å²) in [5.41, 5.74) is 14.9. The molecule has 0 radical (unpaired) electrons. The molecule has 0 bridgehead atoms. The third kappa shape index (κ3) is 3.74. The first-order valence-electron chi connectivity index (χ1n) is 9.39. The maximum Gasteiger partial charge on any atom is 0.205 e. The predicted octanol–water partition coefficient (Wildman–Crippen LogP) is 5.39. The van der Waals surface area contributed by atoms with E-state index in [2.05, 4.69) is 27.0 Å². The van der Waals surface area contributed by atoms with E-state index in [0.29, 0.717) is 44.3 Å². The van der Waals surface area contributed by atoms with E-state index in [-0.39, 0.29) is 17.2 Å². The lowest BCUT2D eigenvalue weighted by atomic mass is 9.96. The number of hydrogen-bond donors (Lipinski definition) is 2. The summed E-state index contributed by atoms with van der Waals surface area (Å²) in [5.74, 6) is 0.609. The van der Waals surface area contributed by atoms with Crippen LogP contribution >= 0.6 is 27.3 Å². The summed E-state index contributed by atoms with van der Waals surface area (Å²) in [7, 11) is 0. The van der Waals surface area contributed by atoms with Gasteiger partial charge in [0.2, 0.25) is 5.78 Å². The lowest BCUT2D eigenvalue weighted by Crippen LogP contribution is -2.02. The molecule has 31 heavy (non-hydrogen) atoms. The quantitative estimate of drug-likeness (QED) is 0.360. The zero-order valence-corrected chi connectivity index (χ0v) is 18.9. The molecule has 0 spiro atoms. The fraction of sp³-hybridized carbons (Fsp3) is 0.0870. The molecule has 0 saturated carbocycles. The molecule has 6 nitrogen and oxygen atoms in total. The molecule has 0 aliphatic rings. The number of nitrogen functional groups attached to an aromatic ring is 2. The van der Waals surface area contributed by atoms with Gasteiger partial charge in [-0.3, -0.25) is 4.79 Å². The Labute approximate surface area is 191 Å². The van der Waals surface area contributed by atoms with Crippen molar-refractivity contribution in [2.75, 3.05) is 18.1 Å². The van der Waals surface area contributed by atoms with Crippen LogP contribution in [0, 0.1) is 11.3 Å². The number of pyridine rings is 1. The van der Waals surface area contributed by atoms with Crippen LogP contribution in [0.5, 0.6) is 5.75 Å². The molecule has 2 heterocycles. The average molecular weight is 493 g/mol. The number of fused-ring (bicyclic) bond motifs is 1. The number of nitrogens with two attached hydrogens (primary N) is 2. The first kappa shape index (κ1) is 20.8. The summed E-state index contributed by atoms with van der Waals surface area (Å²) in [6.45, 7) is 2.46. The van der Waals surface area contributed by atoms with E-state index < -0.39 is 0 Å².